The highest BCUT2D eigenvalue weighted by Crippen LogP contribution is 2.11. The molecule has 0 spiro atoms. The van der Waals surface area contributed by atoms with Gasteiger partial charge >= 0.3 is 11.7 Å². The Morgan fingerprint density at radius 1 is 1.26 bits per heavy atom. The average Bonchev–Trinajstić information content (AvgIpc) is 2.31. The van der Waals surface area contributed by atoms with Crippen molar-refractivity contribution >= 4 is 5.97 Å². The standard InChI is InChI=1S/C11H6F2N2O4/c12-5-1-2-8(7(13)3-5)15-9(16)6(10(17)18)4-14-11(15)19/h1-4H,(H,14,19)(H,17,18). The number of nitrogens with zero attached hydrogens (tertiary/aromatic N) is 1. The van der Waals surface area contributed by atoms with E-state index < -0.39 is 40.1 Å². The minimum atomic E-state index is -1.57. The van der Waals surface area contributed by atoms with Crippen LogP contribution in [0.25, 0.3) is 5.69 Å². The van der Waals surface area contributed by atoms with Crippen LogP contribution in [0.2, 0.25) is 0 Å². The molecule has 2 aromatic rings. The number of benzene rings is 1. The Hall–Kier alpha value is -2.77. The van der Waals surface area contributed by atoms with Crippen LogP contribution in [-0.2, 0) is 0 Å². The fourth-order valence-electron chi connectivity index (χ4n) is 1.51. The lowest BCUT2D eigenvalue weighted by atomic mass is 10.2. The summed E-state index contributed by atoms with van der Waals surface area (Å²) in [5, 5.41) is 8.75. The molecule has 1 aromatic carbocycles. The van der Waals surface area contributed by atoms with Crippen molar-refractivity contribution in [2.75, 3.05) is 0 Å². The number of nitrogens with one attached hydrogen (secondary N) is 1. The lowest BCUT2D eigenvalue weighted by Crippen LogP contribution is -2.37. The Bertz CT molecular complexity index is 779. The highest BCUT2D eigenvalue weighted by Gasteiger charge is 2.17. The Morgan fingerprint density at radius 2 is 1.95 bits per heavy atom. The zero-order valence-electron chi connectivity index (χ0n) is 9.18. The van der Waals surface area contributed by atoms with E-state index in [4.69, 9.17) is 5.11 Å². The van der Waals surface area contributed by atoms with Gasteiger partial charge in [-0.2, -0.15) is 0 Å². The maximum absolute atomic E-state index is 13.5. The number of aromatic carboxylic acids is 1. The summed E-state index contributed by atoms with van der Waals surface area (Å²) in [5.41, 5.74) is -3.50. The van der Waals surface area contributed by atoms with Gasteiger partial charge in [-0.1, -0.05) is 0 Å². The molecule has 0 unspecified atom stereocenters. The Balaban J connectivity index is 2.82. The van der Waals surface area contributed by atoms with Gasteiger partial charge in [0.25, 0.3) is 5.56 Å². The number of halogens is 2. The number of hydrogen-bond donors (Lipinski definition) is 2. The van der Waals surface area contributed by atoms with E-state index >= 15 is 0 Å². The molecule has 1 heterocycles. The molecule has 0 fully saturated rings. The van der Waals surface area contributed by atoms with E-state index in [1.54, 1.807) is 0 Å². The van der Waals surface area contributed by atoms with E-state index in [9.17, 15) is 23.2 Å². The summed E-state index contributed by atoms with van der Waals surface area (Å²) in [6, 6.07) is 2.19. The second-order valence-corrected chi connectivity index (χ2v) is 3.55. The van der Waals surface area contributed by atoms with Crippen LogP contribution in [0, 0.1) is 11.6 Å². The number of carbonyl (C=O) groups is 1. The summed E-state index contributed by atoms with van der Waals surface area (Å²) in [5.74, 6) is -3.62. The quantitative estimate of drug-likeness (QED) is 0.829. The smallest absolute Gasteiger partial charge is 0.342 e. The maximum Gasteiger partial charge on any atom is 0.342 e. The third kappa shape index (κ3) is 2.15. The molecule has 0 bridgehead atoms. The molecule has 0 aliphatic rings. The van der Waals surface area contributed by atoms with E-state index in [0.29, 0.717) is 12.3 Å². The number of carboxylic acids is 1. The Labute approximate surface area is 103 Å². The van der Waals surface area contributed by atoms with Gasteiger partial charge in [-0.3, -0.25) is 4.79 Å². The summed E-state index contributed by atoms with van der Waals surface area (Å²) in [6.45, 7) is 0. The molecule has 0 amide bonds. The Kier molecular flexibility index (Phi) is 2.99. The number of H-pyrrole nitrogens is 1. The molecule has 8 heteroatoms. The number of hydrogen-bond acceptors (Lipinski definition) is 3. The zero-order chi connectivity index (χ0) is 14.2. The summed E-state index contributed by atoms with van der Waals surface area (Å²) in [7, 11) is 0. The van der Waals surface area contributed by atoms with Gasteiger partial charge in [0.05, 0.1) is 5.69 Å². The minimum absolute atomic E-state index is 0.290. The van der Waals surface area contributed by atoms with Crippen molar-refractivity contribution in [2.45, 2.75) is 0 Å². The molecule has 98 valence electrons. The van der Waals surface area contributed by atoms with E-state index in [1.807, 2.05) is 4.98 Å². The first-order chi connectivity index (χ1) is 8.91. The molecule has 2 rings (SSSR count). The van der Waals surface area contributed by atoms with E-state index in [-0.39, 0.29) is 4.57 Å². The van der Waals surface area contributed by atoms with Crippen molar-refractivity contribution in [3.05, 3.63) is 62.4 Å². The predicted octanol–water partition coefficient (Wildman–Crippen LogP) is 0.502. The second-order valence-electron chi connectivity index (χ2n) is 3.55. The van der Waals surface area contributed by atoms with Crippen molar-refractivity contribution in [1.82, 2.24) is 9.55 Å². The van der Waals surface area contributed by atoms with Crippen LogP contribution in [0.15, 0.2) is 34.0 Å². The van der Waals surface area contributed by atoms with Crippen LogP contribution in [0.5, 0.6) is 0 Å². The van der Waals surface area contributed by atoms with Crippen molar-refractivity contribution in [2.24, 2.45) is 0 Å². The van der Waals surface area contributed by atoms with Crippen LogP contribution in [0.4, 0.5) is 8.78 Å². The van der Waals surface area contributed by atoms with Gasteiger partial charge in [0.2, 0.25) is 0 Å². The second kappa shape index (κ2) is 4.48. The molecular weight excluding hydrogens is 262 g/mol. The van der Waals surface area contributed by atoms with Crippen LogP contribution >= 0.6 is 0 Å². The fraction of sp³-hybridized carbons (Fsp3) is 0. The first-order valence-electron chi connectivity index (χ1n) is 4.95. The van der Waals surface area contributed by atoms with Crippen LogP contribution < -0.4 is 11.2 Å². The average molecular weight is 268 g/mol. The largest absolute Gasteiger partial charge is 0.477 e. The molecule has 0 aliphatic heterocycles. The fourth-order valence-corrected chi connectivity index (χ4v) is 1.51. The highest BCUT2D eigenvalue weighted by molar-refractivity contribution is 5.86. The maximum atomic E-state index is 13.5. The molecule has 2 N–H and O–H groups in total. The van der Waals surface area contributed by atoms with Crippen molar-refractivity contribution in [1.29, 1.82) is 0 Å². The van der Waals surface area contributed by atoms with Crippen LogP contribution in [0.1, 0.15) is 10.4 Å². The number of aromatic amines is 1. The van der Waals surface area contributed by atoms with E-state index in [1.165, 1.54) is 0 Å². The number of rotatable bonds is 2. The molecule has 0 atom stereocenters. The van der Waals surface area contributed by atoms with Gasteiger partial charge in [0.15, 0.2) is 0 Å². The van der Waals surface area contributed by atoms with Gasteiger partial charge in [-0.15, -0.1) is 0 Å². The molecule has 0 radical (unpaired) electrons. The predicted molar refractivity (Wildman–Crippen MR) is 59.5 cm³/mol. The topological polar surface area (TPSA) is 92.2 Å². The molecular formula is C11H6F2N2O4. The summed E-state index contributed by atoms with van der Waals surface area (Å²) in [6.07, 6.45) is 0.713. The number of aromatic nitrogens is 2. The van der Waals surface area contributed by atoms with Gasteiger partial charge in [-0.25, -0.2) is 22.9 Å². The lowest BCUT2D eigenvalue weighted by molar-refractivity contribution is 0.0694. The SMILES string of the molecule is O=C(O)c1c[nH]c(=O)n(-c2ccc(F)cc2F)c1=O. The van der Waals surface area contributed by atoms with Gasteiger partial charge in [-0.05, 0) is 12.1 Å². The minimum Gasteiger partial charge on any atom is -0.477 e. The molecule has 0 saturated heterocycles. The summed E-state index contributed by atoms with van der Waals surface area (Å²) in [4.78, 5) is 36.0. The molecule has 6 nitrogen and oxygen atoms in total. The molecule has 1 aromatic heterocycles. The van der Waals surface area contributed by atoms with Gasteiger partial charge in [0.1, 0.15) is 17.2 Å². The number of carboxylic acid groups (broad SMARTS) is 1. The normalized spacial score (nSPS) is 10.4. The van der Waals surface area contributed by atoms with Gasteiger partial charge in [0, 0.05) is 12.3 Å². The Morgan fingerprint density at radius 3 is 2.53 bits per heavy atom. The van der Waals surface area contributed by atoms with Crippen LogP contribution in [-0.4, -0.2) is 20.6 Å². The summed E-state index contributed by atoms with van der Waals surface area (Å²) < 4.78 is 26.6. The molecule has 0 saturated carbocycles. The summed E-state index contributed by atoms with van der Waals surface area (Å²) >= 11 is 0. The third-order valence-electron chi connectivity index (χ3n) is 2.36. The third-order valence-corrected chi connectivity index (χ3v) is 2.36. The highest BCUT2D eigenvalue weighted by atomic mass is 19.1. The van der Waals surface area contributed by atoms with Gasteiger partial charge < -0.3 is 10.1 Å². The van der Waals surface area contributed by atoms with Crippen LogP contribution in [0.3, 0.4) is 0 Å². The van der Waals surface area contributed by atoms with E-state index in [2.05, 4.69) is 0 Å². The zero-order valence-corrected chi connectivity index (χ0v) is 9.18. The van der Waals surface area contributed by atoms with Crippen molar-refractivity contribution in [3.63, 3.8) is 0 Å². The molecule has 0 aliphatic carbocycles. The first-order valence-corrected chi connectivity index (χ1v) is 4.95. The monoisotopic (exact) mass is 268 g/mol. The van der Waals surface area contributed by atoms with Crippen molar-refractivity contribution in [3.8, 4) is 5.69 Å². The van der Waals surface area contributed by atoms with E-state index in [0.717, 1.165) is 12.1 Å². The van der Waals surface area contributed by atoms with Crippen molar-refractivity contribution < 1.29 is 18.7 Å². The first kappa shape index (κ1) is 12.7. The molecule has 19 heavy (non-hydrogen) atoms. The lowest BCUT2D eigenvalue weighted by Gasteiger charge is -2.06.